The molecule has 0 aliphatic rings. The minimum Gasteiger partial charge on any atom is -0.391 e. The van der Waals surface area contributed by atoms with Crippen molar-refractivity contribution in [3.05, 3.63) is 86.5 Å². The number of benzene rings is 2. The van der Waals surface area contributed by atoms with Crippen LogP contribution in [0.15, 0.2) is 54.7 Å². The zero-order valence-corrected chi connectivity index (χ0v) is 17.8. The van der Waals surface area contributed by atoms with Crippen LogP contribution in [-0.4, -0.2) is 22.7 Å². The number of hydrogen-bond acceptors (Lipinski definition) is 6. The molecule has 3 aromatic rings. The number of aromatic nitrogens is 1. The molecule has 5 N–H and O–H groups in total. The van der Waals surface area contributed by atoms with Crippen molar-refractivity contribution in [3.8, 4) is 0 Å². The molecule has 0 aliphatic heterocycles. The highest BCUT2D eigenvalue weighted by Gasteiger charge is 2.19. The van der Waals surface area contributed by atoms with Gasteiger partial charge in [-0.2, -0.15) is 5.90 Å². The highest BCUT2D eigenvalue weighted by atomic mass is 35.5. The van der Waals surface area contributed by atoms with Crippen molar-refractivity contribution in [1.29, 1.82) is 5.41 Å². The van der Waals surface area contributed by atoms with Crippen LogP contribution in [-0.2, 0) is 4.84 Å². The van der Waals surface area contributed by atoms with Crippen LogP contribution in [0.2, 0.25) is 15.1 Å². The number of nitrogens with one attached hydrogen (secondary N) is 3. The molecule has 0 unspecified atom stereocenters. The van der Waals surface area contributed by atoms with E-state index in [1.165, 1.54) is 48.7 Å². The van der Waals surface area contributed by atoms with Crippen LogP contribution in [0.1, 0.15) is 26.3 Å². The quantitative estimate of drug-likeness (QED) is 0.238. The predicted octanol–water partition coefficient (Wildman–Crippen LogP) is 4.76. The maximum atomic E-state index is 12.8. The van der Waals surface area contributed by atoms with E-state index in [2.05, 4.69) is 20.5 Å². The molecule has 0 saturated carbocycles. The Balaban J connectivity index is 1.86. The standard InChI is InChI=1S/C20H14Cl3N5O3/c21-12-5-6-16(26-9-12)27-20(30)14-7-13(22)8-15(23)17(14)28-19(29)11-3-1-10(2-4-11)18(24)31-25/h1-9,24H,25H2,(H,28,29)(H,26,27,30). The number of halogens is 3. The number of carbonyl (C=O) groups excluding carboxylic acids is 2. The molecular weight excluding hydrogens is 465 g/mol. The summed E-state index contributed by atoms with van der Waals surface area (Å²) in [6.45, 7) is 0. The third-order valence-electron chi connectivity index (χ3n) is 4.03. The molecule has 0 aliphatic carbocycles. The van der Waals surface area contributed by atoms with E-state index in [4.69, 9.17) is 46.1 Å². The highest BCUT2D eigenvalue weighted by Crippen LogP contribution is 2.31. The fourth-order valence-corrected chi connectivity index (χ4v) is 3.19. The van der Waals surface area contributed by atoms with Gasteiger partial charge in [-0.1, -0.05) is 34.8 Å². The average Bonchev–Trinajstić information content (AvgIpc) is 2.76. The maximum absolute atomic E-state index is 12.8. The number of nitrogens with zero attached hydrogens (tertiary/aromatic N) is 1. The van der Waals surface area contributed by atoms with Gasteiger partial charge >= 0.3 is 0 Å². The van der Waals surface area contributed by atoms with E-state index in [0.29, 0.717) is 10.6 Å². The molecule has 0 atom stereocenters. The van der Waals surface area contributed by atoms with Crippen LogP contribution in [0.4, 0.5) is 11.5 Å². The van der Waals surface area contributed by atoms with E-state index < -0.39 is 11.8 Å². The third-order valence-corrected chi connectivity index (χ3v) is 4.77. The van der Waals surface area contributed by atoms with E-state index in [1.54, 1.807) is 6.07 Å². The average molecular weight is 479 g/mol. The molecule has 2 amide bonds. The van der Waals surface area contributed by atoms with Gasteiger partial charge in [0.2, 0.25) is 5.90 Å². The first-order valence-corrected chi connectivity index (χ1v) is 9.71. The molecule has 0 bridgehead atoms. The molecule has 3 rings (SSSR count). The van der Waals surface area contributed by atoms with Crippen LogP contribution in [0.3, 0.4) is 0 Å². The zero-order chi connectivity index (χ0) is 22.5. The molecule has 1 heterocycles. The highest BCUT2D eigenvalue weighted by molar-refractivity contribution is 6.38. The number of nitrogens with two attached hydrogens (primary N) is 1. The fourth-order valence-electron chi connectivity index (χ4n) is 2.54. The topological polar surface area (TPSA) is 130 Å². The lowest BCUT2D eigenvalue weighted by Crippen LogP contribution is -2.19. The van der Waals surface area contributed by atoms with Crippen molar-refractivity contribution in [2.45, 2.75) is 0 Å². The first kappa shape index (κ1) is 22.5. The van der Waals surface area contributed by atoms with Gasteiger partial charge in [0.1, 0.15) is 5.82 Å². The SMILES string of the molecule is N=C(ON)c1ccc(C(=O)Nc2c(Cl)cc(Cl)cc2C(=O)Nc2ccc(Cl)cn2)cc1. The summed E-state index contributed by atoms with van der Waals surface area (Å²) in [6.07, 6.45) is 1.38. The monoisotopic (exact) mass is 477 g/mol. The van der Waals surface area contributed by atoms with Crippen LogP contribution < -0.4 is 16.5 Å². The second kappa shape index (κ2) is 9.76. The Labute approximate surface area is 191 Å². The van der Waals surface area contributed by atoms with Gasteiger partial charge in [-0.3, -0.25) is 15.0 Å². The predicted molar refractivity (Wildman–Crippen MR) is 120 cm³/mol. The van der Waals surface area contributed by atoms with E-state index in [0.717, 1.165) is 0 Å². The van der Waals surface area contributed by atoms with Gasteiger partial charge in [-0.15, -0.1) is 0 Å². The Morgan fingerprint density at radius 1 is 0.903 bits per heavy atom. The van der Waals surface area contributed by atoms with Crippen LogP contribution in [0.25, 0.3) is 0 Å². The summed E-state index contributed by atoms with van der Waals surface area (Å²) >= 11 is 18.1. The second-order valence-electron chi connectivity index (χ2n) is 6.10. The van der Waals surface area contributed by atoms with Gasteiger partial charge in [0.05, 0.1) is 21.3 Å². The molecule has 1 aromatic heterocycles. The Bertz CT molecular complexity index is 1150. The summed E-state index contributed by atoms with van der Waals surface area (Å²) in [7, 11) is 0. The smallest absolute Gasteiger partial charge is 0.259 e. The van der Waals surface area contributed by atoms with Crippen LogP contribution in [0.5, 0.6) is 0 Å². The molecule has 31 heavy (non-hydrogen) atoms. The Hall–Kier alpha value is -3.17. The zero-order valence-electron chi connectivity index (χ0n) is 15.6. The van der Waals surface area contributed by atoms with Crippen molar-refractivity contribution < 1.29 is 14.4 Å². The number of anilines is 2. The fraction of sp³-hybridized carbons (Fsp3) is 0. The Kier molecular flexibility index (Phi) is 7.09. The number of rotatable bonds is 5. The van der Waals surface area contributed by atoms with Gasteiger partial charge < -0.3 is 15.5 Å². The maximum Gasteiger partial charge on any atom is 0.259 e. The summed E-state index contributed by atoms with van der Waals surface area (Å²) in [5.41, 5.74) is 0.756. The molecule has 0 saturated heterocycles. The molecule has 8 nitrogen and oxygen atoms in total. The van der Waals surface area contributed by atoms with Gasteiger partial charge in [0.25, 0.3) is 11.8 Å². The summed E-state index contributed by atoms with van der Waals surface area (Å²) in [4.78, 5) is 33.8. The molecule has 0 spiro atoms. The van der Waals surface area contributed by atoms with Gasteiger partial charge in [0, 0.05) is 22.3 Å². The lowest BCUT2D eigenvalue weighted by molar-refractivity contribution is 0.102. The number of carbonyl (C=O) groups is 2. The van der Waals surface area contributed by atoms with Gasteiger partial charge in [-0.25, -0.2) is 4.98 Å². The second-order valence-corrected chi connectivity index (χ2v) is 7.38. The number of amides is 2. The van der Waals surface area contributed by atoms with Crippen molar-refractivity contribution in [3.63, 3.8) is 0 Å². The molecule has 2 aromatic carbocycles. The molecule has 11 heteroatoms. The molecule has 0 fully saturated rings. The normalized spacial score (nSPS) is 10.3. The Morgan fingerprint density at radius 2 is 1.58 bits per heavy atom. The Morgan fingerprint density at radius 3 is 2.19 bits per heavy atom. The first-order chi connectivity index (χ1) is 14.8. The van der Waals surface area contributed by atoms with E-state index in [-0.39, 0.29) is 38.6 Å². The van der Waals surface area contributed by atoms with Crippen molar-refractivity contribution in [2.24, 2.45) is 5.90 Å². The van der Waals surface area contributed by atoms with E-state index in [9.17, 15) is 9.59 Å². The van der Waals surface area contributed by atoms with E-state index in [1.807, 2.05) is 0 Å². The molecule has 158 valence electrons. The summed E-state index contributed by atoms with van der Waals surface area (Å²) in [5, 5.41) is 13.4. The van der Waals surface area contributed by atoms with Crippen LogP contribution >= 0.6 is 34.8 Å². The van der Waals surface area contributed by atoms with Crippen molar-refractivity contribution >= 4 is 64.0 Å². The molecular formula is C20H14Cl3N5O3. The lowest BCUT2D eigenvalue weighted by atomic mass is 10.1. The largest absolute Gasteiger partial charge is 0.391 e. The van der Waals surface area contributed by atoms with Crippen molar-refractivity contribution in [2.75, 3.05) is 10.6 Å². The van der Waals surface area contributed by atoms with E-state index >= 15 is 0 Å². The lowest BCUT2D eigenvalue weighted by Gasteiger charge is -2.14. The summed E-state index contributed by atoms with van der Waals surface area (Å²) in [6, 6.07) is 11.8. The third kappa shape index (κ3) is 5.50. The minimum absolute atomic E-state index is 0.0394. The van der Waals surface area contributed by atoms with Crippen LogP contribution in [0, 0.1) is 5.41 Å². The number of pyridine rings is 1. The summed E-state index contributed by atoms with van der Waals surface area (Å²) in [5.74, 6) is 3.85. The number of hydrogen-bond donors (Lipinski definition) is 4. The first-order valence-electron chi connectivity index (χ1n) is 8.57. The van der Waals surface area contributed by atoms with Crippen molar-refractivity contribution in [1.82, 2.24) is 4.98 Å². The van der Waals surface area contributed by atoms with Gasteiger partial charge in [0.15, 0.2) is 0 Å². The summed E-state index contributed by atoms with van der Waals surface area (Å²) < 4.78 is 0. The van der Waals surface area contributed by atoms with Gasteiger partial charge in [-0.05, 0) is 48.5 Å². The minimum atomic E-state index is -0.585. The molecule has 0 radical (unpaired) electrons.